The number of carboxylic acids is 1. The molecule has 0 fully saturated rings. The Balaban J connectivity index is 2.25. The second-order valence-corrected chi connectivity index (χ2v) is 5.00. The van der Waals surface area contributed by atoms with Crippen molar-refractivity contribution >= 4 is 5.97 Å². The molecule has 0 saturated heterocycles. The van der Waals surface area contributed by atoms with Crippen LogP contribution in [0.3, 0.4) is 0 Å². The number of hydrogen-bond donors (Lipinski definition) is 1. The molecule has 0 unspecified atom stereocenters. The summed E-state index contributed by atoms with van der Waals surface area (Å²) < 4.78 is 81.7. The molecule has 3 nitrogen and oxygen atoms in total. The summed E-state index contributed by atoms with van der Waals surface area (Å²) in [4.78, 5) is 10.7. The molecule has 0 radical (unpaired) electrons. The Labute approximate surface area is 137 Å². The normalized spacial score (nSPS) is 12.1. The van der Waals surface area contributed by atoms with Gasteiger partial charge in [0.15, 0.2) is 0 Å². The second kappa shape index (κ2) is 6.66. The minimum absolute atomic E-state index is 0.0111. The minimum atomic E-state index is -5.02. The molecule has 9 heteroatoms. The van der Waals surface area contributed by atoms with Crippen LogP contribution in [0.15, 0.2) is 42.5 Å². The van der Waals surface area contributed by atoms with Crippen LogP contribution in [0, 0.1) is 0 Å². The number of hydrogen-bond acceptors (Lipinski definition) is 2. The summed E-state index contributed by atoms with van der Waals surface area (Å²) in [6, 6.07) is 6.23. The molecule has 2 aromatic rings. The first-order valence-corrected chi connectivity index (χ1v) is 6.72. The van der Waals surface area contributed by atoms with E-state index in [9.17, 15) is 31.1 Å². The van der Waals surface area contributed by atoms with E-state index in [4.69, 9.17) is 9.84 Å². The predicted octanol–water partition coefficient (Wildman–Crippen LogP) is 5.00. The van der Waals surface area contributed by atoms with Gasteiger partial charge in [0.1, 0.15) is 12.4 Å². The van der Waals surface area contributed by atoms with E-state index in [2.05, 4.69) is 0 Å². The van der Waals surface area contributed by atoms with Crippen LogP contribution in [0.25, 0.3) is 0 Å². The Hall–Kier alpha value is -2.71. The van der Waals surface area contributed by atoms with E-state index in [-0.39, 0.29) is 18.2 Å². The van der Waals surface area contributed by atoms with Gasteiger partial charge < -0.3 is 9.84 Å². The standard InChI is InChI=1S/C16H10F6O3/c17-15(18,19)11-5-6-13(12(7-11)16(20,21)22)25-8-9-1-3-10(4-2-9)14(23)24/h1-7H,8H2,(H,23,24). The number of rotatable bonds is 4. The molecule has 2 rings (SSSR count). The molecule has 0 bridgehead atoms. The Morgan fingerprint density at radius 1 is 0.920 bits per heavy atom. The molecular weight excluding hydrogens is 354 g/mol. The molecule has 0 spiro atoms. The van der Waals surface area contributed by atoms with E-state index in [0.717, 1.165) is 0 Å². The largest absolute Gasteiger partial charge is 0.488 e. The third kappa shape index (κ3) is 4.65. The Morgan fingerprint density at radius 3 is 2.00 bits per heavy atom. The van der Waals surface area contributed by atoms with Crippen LogP contribution in [0.4, 0.5) is 26.3 Å². The molecule has 0 amide bonds. The van der Waals surface area contributed by atoms with Crippen LogP contribution < -0.4 is 4.74 Å². The summed E-state index contributed by atoms with van der Waals surface area (Å²) in [6.07, 6.45) is -9.94. The van der Waals surface area contributed by atoms with Gasteiger partial charge in [-0.3, -0.25) is 0 Å². The van der Waals surface area contributed by atoms with Gasteiger partial charge in [-0.25, -0.2) is 4.79 Å². The predicted molar refractivity (Wildman–Crippen MR) is 74.2 cm³/mol. The van der Waals surface area contributed by atoms with Crippen LogP contribution in [0.2, 0.25) is 0 Å². The maximum Gasteiger partial charge on any atom is 0.419 e. The van der Waals surface area contributed by atoms with E-state index >= 15 is 0 Å². The van der Waals surface area contributed by atoms with Gasteiger partial charge in [0, 0.05) is 0 Å². The van der Waals surface area contributed by atoms with Crippen molar-refractivity contribution in [2.24, 2.45) is 0 Å². The van der Waals surface area contributed by atoms with Gasteiger partial charge in [-0.2, -0.15) is 26.3 Å². The fourth-order valence-corrected chi connectivity index (χ4v) is 1.96. The van der Waals surface area contributed by atoms with Crippen molar-refractivity contribution in [3.05, 3.63) is 64.7 Å². The third-order valence-corrected chi connectivity index (χ3v) is 3.21. The van der Waals surface area contributed by atoms with E-state index in [1.54, 1.807) is 0 Å². The minimum Gasteiger partial charge on any atom is -0.488 e. The van der Waals surface area contributed by atoms with Crippen molar-refractivity contribution in [1.29, 1.82) is 0 Å². The summed E-state index contributed by atoms with van der Waals surface area (Å²) in [6.45, 7) is -0.367. The highest BCUT2D eigenvalue weighted by atomic mass is 19.4. The van der Waals surface area contributed by atoms with Crippen molar-refractivity contribution in [3.8, 4) is 5.75 Å². The molecule has 1 N–H and O–H groups in total. The molecule has 25 heavy (non-hydrogen) atoms. The highest BCUT2D eigenvalue weighted by Gasteiger charge is 2.38. The zero-order valence-electron chi connectivity index (χ0n) is 12.3. The molecule has 0 heterocycles. The van der Waals surface area contributed by atoms with Gasteiger partial charge in [-0.05, 0) is 35.9 Å². The molecule has 0 aliphatic carbocycles. The molecule has 0 aromatic heterocycles. The fourth-order valence-electron chi connectivity index (χ4n) is 1.96. The lowest BCUT2D eigenvalue weighted by Crippen LogP contribution is -2.12. The first-order valence-electron chi connectivity index (χ1n) is 6.72. The lowest BCUT2D eigenvalue weighted by atomic mass is 10.1. The molecule has 0 saturated carbocycles. The van der Waals surface area contributed by atoms with E-state index in [0.29, 0.717) is 17.7 Å². The monoisotopic (exact) mass is 364 g/mol. The Kier molecular flexibility index (Phi) is 4.96. The van der Waals surface area contributed by atoms with Crippen LogP contribution in [0.5, 0.6) is 5.75 Å². The van der Waals surface area contributed by atoms with E-state index < -0.39 is 35.2 Å². The summed E-state index contributed by atoms with van der Waals surface area (Å²) >= 11 is 0. The zero-order chi connectivity index (χ0) is 18.8. The lowest BCUT2D eigenvalue weighted by Gasteiger charge is -2.16. The summed E-state index contributed by atoms with van der Waals surface area (Å²) in [5.74, 6) is -1.92. The summed E-state index contributed by atoms with van der Waals surface area (Å²) in [7, 11) is 0. The second-order valence-electron chi connectivity index (χ2n) is 5.00. The first kappa shape index (κ1) is 18.6. The molecule has 0 atom stereocenters. The van der Waals surface area contributed by atoms with Gasteiger partial charge >= 0.3 is 18.3 Å². The maximum absolute atomic E-state index is 13.0. The smallest absolute Gasteiger partial charge is 0.419 e. The Bertz CT molecular complexity index is 763. The van der Waals surface area contributed by atoms with E-state index in [1.807, 2.05) is 0 Å². The van der Waals surface area contributed by atoms with Crippen molar-refractivity contribution in [3.63, 3.8) is 0 Å². The lowest BCUT2D eigenvalue weighted by molar-refractivity contribution is -0.144. The fraction of sp³-hybridized carbons (Fsp3) is 0.188. The van der Waals surface area contributed by atoms with Crippen molar-refractivity contribution < 1.29 is 41.0 Å². The quantitative estimate of drug-likeness (QED) is 0.777. The third-order valence-electron chi connectivity index (χ3n) is 3.21. The van der Waals surface area contributed by atoms with Crippen LogP contribution in [-0.4, -0.2) is 11.1 Å². The van der Waals surface area contributed by atoms with Crippen molar-refractivity contribution in [1.82, 2.24) is 0 Å². The highest BCUT2D eigenvalue weighted by molar-refractivity contribution is 5.87. The average molecular weight is 364 g/mol. The maximum atomic E-state index is 13.0. The SMILES string of the molecule is O=C(O)c1ccc(COc2ccc(C(F)(F)F)cc2C(F)(F)F)cc1. The number of carbonyl (C=O) groups is 1. The number of carboxylic acid groups (broad SMARTS) is 1. The number of halogens is 6. The molecule has 134 valence electrons. The number of aromatic carboxylic acids is 1. The van der Waals surface area contributed by atoms with Gasteiger partial charge in [0.05, 0.1) is 16.7 Å². The van der Waals surface area contributed by atoms with Crippen molar-refractivity contribution in [2.45, 2.75) is 19.0 Å². The number of alkyl halides is 6. The van der Waals surface area contributed by atoms with Gasteiger partial charge in [0.2, 0.25) is 0 Å². The van der Waals surface area contributed by atoms with Crippen LogP contribution in [-0.2, 0) is 19.0 Å². The summed E-state index contributed by atoms with van der Waals surface area (Å²) in [5.41, 5.74) is -2.63. The van der Waals surface area contributed by atoms with Crippen LogP contribution >= 0.6 is 0 Å². The van der Waals surface area contributed by atoms with Gasteiger partial charge in [0.25, 0.3) is 0 Å². The molecule has 0 aliphatic rings. The van der Waals surface area contributed by atoms with E-state index in [1.165, 1.54) is 24.3 Å². The first-order chi connectivity index (χ1) is 11.5. The molecular formula is C16H10F6O3. The molecule has 2 aromatic carbocycles. The topological polar surface area (TPSA) is 46.5 Å². The average Bonchev–Trinajstić information content (AvgIpc) is 2.51. The summed E-state index contributed by atoms with van der Waals surface area (Å²) in [5, 5.41) is 8.75. The van der Waals surface area contributed by atoms with Crippen LogP contribution in [0.1, 0.15) is 27.0 Å². The zero-order valence-corrected chi connectivity index (χ0v) is 12.3. The number of benzene rings is 2. The molecule has 0 aliphatic heterocycles. The Morgan fingerprint density at radius 2 is 1.52 bits per heavy atom. The van der Waals surface area contributed by atoms with Gasteiger partial charge in [-0.15, -0.1) is 0 Å². The van der Waals surface area contributed by atoms with Crippen molar-refractivity contribution in [2.75, 3.05) is 0 Å². The van der Waals surface area contributed by atoms with Gasteiger partial charge in [-0.1, -0.05) is 12.1 Å². The number of ether oxygens (including phenoxy) is 1. The highest BCUT2D eigenvalue weighted by Crippen LogP contribution is 2.40.